The van der Waals surface area contributed by atoms with Gasteiger partial charge in [-0.3, -0.25) is 4.79 Å². The number of benzene rings is 2. The molecule has 2 aliphatic rings. The van der Waals surface area contributed by atoms with Crippen molar-refractivity contribution >= 4 is 5.91 Å². The number of hydrogen-bond acceptors (Lipinski definition) is 4. The quantitative estimate of drug-likeness (QED) is 0.659. The minimum absolute atomic E-state index is 0.0338. The first kappa shape index (κ1) is 19.0. The Morgan fingerprint density at radius 2 is 1.93 bits per heavy atom. The summed E-state index contributed by atoms with van der Waals surface area (Å²) in [6, 6.07) is 18.4. The topological polar surface area (TPSA) is 68.0 Å². The normalized spacial score (nSPS) is 24.8. The lowest BCUT2D eigenvalue weighted by atomic mass is 9.78. The molecular weight excluding hydrogens is 374 g/mol. The number of fused-ring (bicyclic) bond motifs is 2. The van der Waals surface area contributed by atoms with Crippen LogP contribution in [0.15, 0.2) is 59.1 Å². The number of aryl methyl sites for hydroxylation is 1. The number of rotatable bonds is 6. The van der Waals surface area contributed by atoms with E-state index in [1.807, 2.05) is 30.3 Å². The van der Waals surface area contributed by atoms with Crippen molar-refractivity contribution in [2.75, 3.05) is 6.54 Å². The maximum absolute atomic E-state index is 13.1. The smallest absolute Gasteiger partial charge is 0.231 e. The molecule has 1 heterocycles. The standard InChI is InChI=1S/C25H27N3O2/c1-16-6-5-9-20(14-16)23-27-25(30-28-23)22-19-11-10-18(15-19)21(22)24(29)26-13-12-17-7-3-2-4-8-17/h2-9,14,18-19,21-22H,10-13,15H2,1H3,(H,26,29)/t18-,19+,21-,22-/m0/s1. The Kier molecular flexibility index (Phi) is 5.11. The molecule has 5 heteroatoms. The zero-order valence-electron chi connectivity index (χ0n) is 17.3. The minimum atomic E-state index is -0.0645. The van der Waals surface area contributed by atoms with Gasteiger partial charge in [0.2, 0.25) is 17.6 Å². The highest BCUT2D eigenvalue weighted by atomic mass is 16.5. The van der Waals surface area contributed by atoms with Crippen molar-refractivity contribution in [1.29, 1.82) is 0 Å². The third kappa shape index (κ3) is 3.64. The molecule has 2 bridgehead atoms. The molecule has 0 spiro atoms. The Morgan fingerprint density at radius 1 is 1.10 bits per heavy atom. The van der Waals surface area contributed by atoms with Crippen LogP contribution in [0.3, 0.4) is 0 Å². The van der Waals surface area contributed by atoms with Crippen molar-refractivity contribution in [2.24, 2.45) is 17.8 Å². The van der Waals surface area contributed by atoms with Crippen molar-refractivity contribution < 1.29 is 9.32 Å². The van der Waals surface area contributed by atoms with Gasteiger partial charge in [-0.05, 0) is 56.1 Å². The van der Waals surface area contributed by atoms with Gasteiger partial charge in [0.25, 0.3) is 0 Å². The molecule has 5 nitrogen and oxygen atoms in total. The van der Waals surface area contributed by atoms with Crippen molar-refractivity contribution in [1.82, 2.24) is 15.5 Å². The van der Waals surface area contributed by atoms with Crippen LogP contribution in [0.25, 0.3) is 11.4 Å². The van der Waals surface area contributed by atoms with Gasteiger partial charge in [0.05, 0.1) is 11.8 Å². The van der Waals surface area contributed by atoms with Gasteiger partial charge in [-0.1, -0.05) is 59.3 Å². The SMILES string of the molecule is Cc1cccc(-c2noc([C@H]3[C@@H]4CC[C@@H](C4)[C@@H]3C(=O)NCCc3ccccc3)n2)c1. The van der Waals surface area contributed by atoms with Crippen LogP contribution in [-0.2, 0) is 11.2 Å². The molecule has 3 aromatic rings. The van der Waals surface area contributed by atoms with Gasteiger partial charge >= 0.3 is 0 Å². The molecule has 1 N–H and O–H groups in total. The molecule has 0 unspecified atom stereocenters. The molecule has 2 saturated carbocycles. The summed E-state index contributed by atoms with van der Waals surface area (Å²) in [5.41, 5.74) is 3.36. The fourth-order valence-electron chi connectivity index (χ4n) is 5.39. The summed E-state index contributed by atoms with van der Waals surface area (Å²) in [5, 5.41) is 7.41. The molecule has 0 radical (unpaired) electrons. The van der Waals surface area contributed by atoms with Gasteiger partial charge in [0, 0.05) is 12.1 Å². The van der Waals surface area contributed by atoms with Gasteiger partial charge in [0.15, 0.2) is 0 Å². The minimum Gasteiger partial charge on any atom is -0.356 e. The first-order valence-electron chi connectivity index (χ1n) is 10.9. The molecular formula is C25H27N3O2. The van der Waals surface area contributed by atoms with Crippen LogP contribution in [0.4, 0.5) is 0 Å². The Labute approximate surface area is 176 Å². The summed E-state index contributed by atoms with van der Waals surface area (Å²) in [7, 11) is 0. The van der Waals surface area contributed by atoms with E-state index in [0.29, 0.717) is 30.1 Å². The number of aromatic nitrogens is 2. The monoisotopic (exact) mass is 401 g/mol. The van der Waals surface area contributed by atoms with E-state index in [1.165, 1.54) is 5.56 Å². The van der Waals surface area contributed by atoms with E-state index >= 15 is 0 Å². The zero-order valence-corrected chi connectivity index (χ0v) is 17.3. The van der Waals surface area contributed by atoms with E-state index in [4.69, 9.17) is 9.51 Å². The Morgan fingerprint density at radius 3 is 2.77 bits per heavy atom. The summed E-state index contributed by atoms with van der Waals surface area (Å²) >= 11 is 0. The van der Waals surface area contributed by atoms with Crippen LogP contribution in [0, 0.1) is 24.7 Å². The number of hydrogen-bond donors (Lipinski definition) is 1. The van der Waals surface area contributed by atoms with Gasteiger partial charge < -0.3 is 9.84 Å². The summed E-state index contributed by atoms with van der Waals surface area (Å²) in [4.78, 5) is 17.9. The molecule has 0 saturated heterocycles. The average Bonchev–Trinajstić information content (AvgIpc) is 3.50. The summed E-state index contributed by atoms with van der Waals surface area (Å²) in [6.07, 6.45) is 4.20. The van der Waals surface area contributed by atoms with E-state index in [2.05, 4.69) is 41.7 Å². The second-order valence-electron chi connectivity index (χ2n) is 8.74. The number of amides is 1. The van der Waals surface area contributed by atoms with Gasteiger partial charge in [0.1, 0.15) is 0 Å². The lowest BCUT2D eigenvalue weighted by Gasteiger charge is -2.27. The number of carbonyl (C=O) groups excluding carboxylic acids is 1. The molecule has 2 aliphatic carbocycles. The van der Waals surface area contributed by atoms with Crippen LogP contribution in [-0.4, -0.2) is 22.6 Å². The largest absolute Gasteiger partial charge is 0.356 e. The fraction of sp³-hybridized carbons (Fsp3) is 0.400. The molecule has 2 fully saturated rings. The van der Waals surface area contributed by atoms with Crippen LogP contribution in [0.5, 0.6) is 0 Å². The number of carbonyl (C=O) groups is 1. The van der Waals surface area contributed by atoms with Gasteiger partial charge in [-0.2, -0.15) is 4.98 Å². The first-order valence-corrected chi connectivity index (χ1v) is 10.9. The van der Waals surface area contributed by atoms with E-state index < -0.39 is 0 Å². The van der Waals surface area contributed by atoms with Crippen LogP contribution in [0.1, 0.15) is 42.2 Å². The molecule has 30 heavy (non-hydrogen) atoms. The molecule has 5 rings (SSSR count). The van der Waals surface area contributed by atoms with Gasteiger partial charge in [-0.25, -0.2) is 0 Å². The van der Waals surface area contributed by atoms with Crippen molar-refractivity contribution in [3.05, 3.63) is 71.6 Å². The van der Waals surface area contributed by atoms with Crippen LogP contribution < -0.4 is 5.32 Å². The Balaban J connectivity index is 1.31. The summed E-state index contributed by atoms with van der Waals surface area (Å²) in [6.45, 7) is 2.71. The lowest BCUT2D eigenvalue weighted by molar-refractivity contribution is -0.127. The summed E-state index contributed by atoms with van der Waals surface area (Å²) < 4.78 is 5.71. The van der Waals surface area contributed by atoms with E-state index in [0.717, 1.165) is 36.8 Å². The van der Waals surface area contributed by atoms with Crippen molar-refractivity contribution in [3.63, 3.8) is 0 Å². The highest BCUT2D eigenvalue weighted by Crippen LogP contribution is 2.56. The maximum atomic E-state index is 13.1. The molecule has 1 aromatic heterocycles. The lowest BCUT2D eigenvalue weighted by Crippen LogP contribution is -2.38. The van der Waals surface area contributed by atoms with E-state index in [9.17, 15) is 4.79 Å². The molecule has 1 amide bonds. The number of nitrogens with zero attached hydrogens (tertiary/aromatic N) is 2. The van der Waals surface area contributed by atoms with Crippen molar-refractivity contribution in [2.45, 2.75) is 38.5 Å². The predicted molar refractivity (Wildman–Crippen MR) is 115 cm³/mol. The molecule has 4 atom stereocenters. The zero-order chi connectivity index (χ0) is 20.5. The Hall–Kier alpha value is -2.95. The van der Waals surface area contributed by atoms with Gasteiger partial charge in [-0.15, -0.1) is 0 Å². The third-order valence-corrected chi connectivity index (χ3v) is 6.78. The van der Waals surface area contributed by atoms with Crippen LogP contribution >= 0.6 is 0 Å². The van der Waals surface area contributed by atoms with Crippen molar-refractivity contribution in [3.8, 4) is 11.4 Å². The summed E-state index contributed by atoms with van der Waals surface area (Å²) in [5.74, 6) is 2.23. The first-order chi connectivity index (χ1) is 14.7. The highest BCUT2D eigenvalue weighted by Gasteiger charge is 2.53. The highest BCUT2D eigenvalue weighted by molar-refractivity contribution is 5.80. The van der Waals surface area contributed by atoms with Crippen LogP contribution in [0.2, 0.25) is 0 Å². The Bertz CT molecular complexity index is 1030. The second-order valence-corrected chi connectivity index (χ2v) is 8.74. The van der Waals surface area contributed by atoms with E-state index in [-0.39, 0.29) is 17.7 Å². The molecule has 154 valence electrons. The molecule has 2 aromatic carbocycles. The molecule has 0 aliphatic heterocycles. The number of nitrogens with one attached hydrogen (secondary N) is 1. The average molecular weight is 402 g/mol. The maximum Gasteiger partial charge on any atom is 0.231 e. The second kappa shape index (κ2) is 8.05. The predicted octanol–water partition coefficient (Wildman–Crippen LogP) is 4.53. The fourth-order valence-corrected chi connectivity index (χ4v) is 5.39. The van der Waals surface area contributed by atoms with E-state index in [1.54, 1.807) is 0 Å². The third-order valence-electron chi connectivity index (χ3n) is 6.78.